The molecule has 0 aliphatic rings. The van der Waals surface area contributed by atoms with Gasteiger partial charge < -0.3 is 14.6 Å². The van der Waals surface area contributed by atoms with Gasteiger partial charge in [0.2, 0.25) is 0 Å². The number of nitrogens with zero attached hydrogens (tertiary/aromatic N) is 1. The van der Waals surface area contributed by atoms with E-state index in [4.69, 9.17) is 9.47 Å². The Kier molecular flexibility index (Phi) is 6.31. The van der Waals surface area contributed by atoms with E-state index in [0.717, 1.165) is 0 Å². The van der Waals surface area contributed by atoms with Crippen LogP contribution in [0.4, 0.5) is 9.93 Å². The monoisotopic (exact) mass is 330 g/mol. The second-order valence-electron chi connectivity index (χ2n) is 5.46. The summed E-state index contributed by atoms with van der Waals surface area (Å²) in [5.74, 6) is -0.758. The summed E-state index contributed by atoms with van der Waals surface area (Å²) in [5.41, 5.74) is -0.417. The summed E-state index contributed by atoms with van der Waals surface area (Å²) in [5, 5.41) is 12.8. The molecule has 2 N–H and O–H groups in total. The Morgan fingerprint density at radius 1 is 1.36 bits per heavy atom. The highest BCUT2D eigenvalue weighted by molar-refractivity contribution is 7.15. The Balaban J connectivity index is 2.88. The molecule has 0 saturated heterocycles. The number of hydrogen-bond acceptors (Lipinski definition) is 7. The Morgan fingerprint density at radius 3 is 2.50 bits per heavy atom. The first-order chi connectivity index (χ1) is 10.2. The average Bonchev–Trinajstić information content (AvgIpc) is 2.78. The van der Waals surface area contributed by atoms with Gasteiger partial charge in [0.25, 0.3) is 0 Å². The molecule has 1 aromatic heterocycles. The van der Waals surface area contributed by atoms with Gasteiger partial charge in [0.15, 0.2) is 11.2 Å². The van der Waals surface area contributed by atoms with Crippen LogP contribution >= 0.6 is 11.3 Å². The molecule has 0 bridgehead atoms. The highest BCUT2D eigenvalue weighted by atomic mass is 32.1. The van der Waals surface area contributed by atoms with E-state index >= 15 is 0 Å². The molecule has 0 saturated carbocycles. The third kappa shape index (κ3) is 5.27. The van der Waals surface area contributed by atoms with Crippen LogP contribution in [0.2, 0.25) is 0 Å². The molecule has 1 heterocycles. The molecule has 1 unspecified atom stereocenters. The van der Waals surface area contributed by atoms with Crippen LogP contribution in [0, 0.1) is 0 Å². The van der Waals surface area contributed by atoms with Crippen molar-refractivity contribution < 1.29 is 24.2 Å². The summed E-state index contributed by atoms with van der Waals surface area (Å²) in [6.45, 7) is 8.95. The van der Waals surface area contributed by atoms with Crippen LogP contribution in [0.25, 0.3) is 0 Å². The molecular formula is C14H22N2O5S. The van der Waals surface area contributed by atoms with Gasteiger partial charge in [0.05, 0.1) is 12.3 Å². The van der Waals surface area contributed by atoms with E-state index in [0.29, 0.717) is 11.3 Å². The smallest absolute Gasteiger partial charge is 0.413 e. The van der Waals surface area contributed by atoms with Gasteiger partial charge in [-0.2, -0.15) is 0 Å². The average molecular weight is 330 g/mol. The molecule has 1 amide bonds. The molecule has 1 atom stereocenters. The molecule has 0 fully saturated rings. The number of thiazole rings is 1. The van der Waals surface area contributed by atoms with Gasteiger partial charge in [-0.15, -0.1) is 11.3 Å². The van der Waals surface area contributed by atoms with Crippen molar-refractivity contribution in [3.05, 3.63) is 10.6 Å². The fourth-order valence-corrected chi connectivity index (χ4v) is 2.53. The molecule has 0 spiro atoms. The fourth-order valence-electron chi connectivity index (χ4n) is 1.61. The van der Waals surface area contributed by atoms with Gasteiger partial charge in [-0.25, -0.2) is 14.6 Å². The lowest BCUT2D eigenvalue weighted by Crippen LogP contribution is -2.27. The standard InChI is InChI=1S/C14H22N2O5S/c1-6-8-9(10(17)11(18)20-7-2)15-12(22-8)16-13(19)21-14(3,4)5/h10,17H,6-7H2,1-5H3,(H,15,16,19). The summed E-state index contributed by atoms with van der Waals surface area (Å²) < 4.78 is 9.91. The molecule has 7 nitrogen and oxygen atoms in total. The Labute approximate surface area is 133 Å². The quantitative estimate of drug-likeness (QED) is 0.806. The lowest BCUT2D eigenvalue weighted by atomic mass is 10.2. The maximum Gasteiger partial charge on any atom is 0.413 e. The Bertz CT molecular complexity index is 536. The zero-order valence-corrected chi connectivity index (χ0v) is 14.2. The molecule has 8 heteroatoms. The number of esters is 1. The number of carbonyl (C=O) groups is 2. The first kappa shape index (κ1) is 18.4. The zero-order valence-electron chi connectivity index (χ0n) is 13.4. The number of nitrogens with one attached hydrogen (secondary N) is 1. The highest BCUT2D eigenvalue weighted by Gasteiger charge is 2.26. The van der Waals surface area contributed by atoms with Crippen molar-refractivity contribution in [3.63, 3.8) is 0 Å². The van der Waals surface area contributed by atoms with Crippen molar-refractivity contribution in [1.29, 1.82) is 0 Å². The number of aromatic nitrogens is 1. The minimum absolute atomic E-state index is 0.171. The van der Waals surface area contributed by atoms with Crippen LogP contribution in [-0.4, -0.2) is 34.4 Å². The molecule has 22 heavy (non-hydrogen) atoms. The first-order valence-electron chi connectivity index (χ1n) is 7.02. The molecule has 0 radical (unpaired) electrons. The number of aliphatic hydroxyl groups excluding tert-OH is 1. The second kappa shape index (κ2) is 7.55. The van der Waals surface area contributed by atoms with Crippen LogP contribution in [0.3, 0.4) is 0 Å². The van der Waals surface area contributed by atoms with E-state index in [1.807, 2.05) is 6.92 Å². The minimum Gasteiger partial charge on any atom is -0.464 e. The molecule has 1 rings (SSSR count). The number of aryl methyl sites for hydroxylation is 1. The molecule has 0 aliphatic carbocycles. The minimum atomic E-state index is -1.46. The summed E-state index contributed by atoms with van der Waals surface area (Å²) in [4.78, 5) is 28.1. The zero-order chi connectivity index (χ0) is 16.9. The number of aliphatic hydroxyl groups is 1. The van der Waals surface area contributed by atoms with Crippen LogP contribution < -0.4 is 5.32 Å². The van der Waals surface area contributed by atoms with Crippen LogP contribution in [0.5, 0.6) is 0 Å². The first-order valence-corrected chi connectivity index (χ1v) is 7.83. The van der Waals surface area contributed by atoms with Crippen molar-refractivity contribution in [3.8, 4) is 0 Å². The van der Waals surface area contributed by atoms with Crippen molar-refractivity contribution >= 4 is 28.5 Å². The third-order valence-electron chi connectivity index (χ3n) is 2.43. The summed E-state index contributed by atoms with van der Waals surface area (Å²) in [6, 6.07) is 0. The van der Waals surface area contributed by atoms with E-state index < -0.39 is 23.8 Å². The van der Waals surface area contributed by atoms with Crippen molar-refractivity contribution in [2.24, 2.45) is 0 Å². The fraction of sp³-hybridized carbons (Fsp3) is 0.643. The maximum absolute atomic E-state index is 11.7. The normalized spacial score (nSPS) is 12.6. The van der Waals surface area contributed by atoms with Crippen molar-refractivity contribution in [1.82, 2.24) is 4.98 Å². The van der Waals surface area contributed by atoms with Crippen LogP contribution in [0.1, 0.15) is 51.3 Å². The number of amides is 1. The van der Waals surface area contributed by atoms with E-state index in [9.17, 15) is 14.7 Å². The third-order valence-corrected chi connectivity index (χ3v) is 3.56. The van der Waals surface area contributed by atoms with Gasteiger partial charge in [-0.3, -0.25) is 5.32 Å². The van der Waals surface area contributed by atoms with E-state index in [2.05, 4.69) is 10.3 Å². The Morgan fingerprint density at radius 2 is 2.00 bits per heavy atom. The number of hydrogen-bond donors (Lipinski definition) is 2. The largest absolute Gasteiger partial charge is 0.464 e. The topological polar surface area (TPSA) is 97.8 Å². The lowest BCUT2D eigenvalue weighted by molar-refractivity contribution is -0.153. The Hall–Kier alpha value is -1.67. The predicted molar refractivity (Wildman–Crippen MR) is 82.9 cm³/mol. The van der Waals surface area contributed by atoms with Crippen molar-refractivity contribution in [2.45, 2.75) is 52.7 Å². The van der Waals surface area contributed by atoms with E-state index in [1.54, 1.807) is 27.7 Å². The summed E-state index contributed by atoms with van der Waals surface area (Å²) >= 11 is 1.19. The van der Waals surface area contributed by atoms with Gasteiger partial charge in [0, 0.05) is 4.88 Å². The van der Waals surface area contributed by atoms with Gasteiger partial charge >= 0.3 is 12.1 Å². The van der Waals surface area contributed by atoms with Gasteiger partial charge in [0.1, 0.15) is 5.60 Å². The van der Waals surface area contributed by atoms with E-state index in [-0.39, 0.29) is 17.4 Å². The lowest BCUT2D eigenvalue weighted by Gasteiger charge is -2.18. The van der Waals surface area contributed by atoms with E-state index in [1.165, 1.54) is 11.3 Å². The number of rotatable bonds is 5. The molecular weight excluding hydrogens is 308 g/mol. The van der Waals surface area contributed by atoms with Crippen LogP contribution in [0.15, 0.2) is 0 Å². The molecule has 124 valence electrons. The number of carbonyl (C=O) groups excluding carboxylic acids is 2. The molecule has 0 aliphatic heterocycles. The maximum atomic E-state index is 11.7. The summed E-state index contributed by atoms with van der Waals surface area (Å²) in [6.07, 6.45) is -1.53. The van der Waals surface area contributed by atoms with Crippen LogP contribution in [-0.2, 0) is 20.7 Å². The number of anilines is 1. The molecule has 0 aromatic carbocycles. The van der Waals surface area contributed by atoms with Crippen molar-refractivity contribution in [2.75, 3.05) is 11.9 Å². The second-order valence-corrected chi connectivity index (χ2v) is 6.55. The van der Waals surface area contributed by atoms with Gasteiger partial charge in [-0.1, -0.05) is 6.92 Å². The highest BCUT2D eigenvalue weighted by Crippen LogP contribution is 2.29. The summed E-state index contributed by atoms with van der Waals surface area (Å²) in [7, 11) is 0. The predicted octanol–water partition coefficient (Wildman–Crippen LogP) is 2.65. The van der Waals surface area contributed by atoms with Gasteiger partial charge in [-0.05, 0) is 34.1 Å². The SMILES string of the molecule is CCOC(=O)C(O)c1nc(NC(=O)OC(C)(C)C)sc1CC. The molecule has 1 aromatic rings. The number of ether oxygens (including phenoxy) is 2.